The standard InChI is InChI=1S/C22H22BrNO3/c1-24(16-19-6-2-3-7-21(19)27-15-5-13-23)22(25)18-11-9-17(10-12-18)20-8-4-14-26-20/h2-4,6-12,14H,5,13,15-16H2,1H3. The van der Waals surface area contributed by atoms with Crippen LogP contribution in [-0.4, -0.2) is 29.8 Å². The van der Waals surface area contributed by atoms with Crippen LogP contribution in [0, 0.1) is 0 Å². The van der Waals surface area contributed by atoms with E-state index in [1.54, 1.807) is 18.2 Å². The number of benzene rings is 2. The van der Waals surface area contributed by atoms with Crippen molar-refractivity contribution in [3.63, 3.8) is 0 Å². The molecule has 2 aromatic carbocycles. The predicted octanol–water partition coefficient (Wildman–Crippen LogP) is 5.38. The van der Waals surface area contributed by atoms with Crippen LogP contribution >= 0.6 is 15.9 Å². The summed E-state index contributed by atoms with van der Waals surface area (Å²) in [4.78, 5) is 14.5. The van der Waals surface area contributed by atoms with Gasteiger partial charge in [-0.05, 0) is 36.8 Å². The zero-order chi connectivity index (χ0) is 19.1. The largest absolute Gasteiger partial charge is 0.493 e. The van der Waals surface area contributed by atoms with Gasteiger partial charge in [-0.3, -0.25) is 4.79 Å². The van der Waals surface area contributed by atoms with Crippen molar-refractivity contribution in [2.24, 2.45) is 0 Å². The SMILES string of the molecule is CN(Cc1ccccc1OCCCBr)C(=O)c1ccc(-c2ccco2)cc1. The highest BCUT2D eigenvalue weighted by molar-refractivity contribution is 9.09. The number of hydrogen-bond donors (Lipinski definition) is 0. The van der Waals surface area contributed by atoms with Crippen molar-refractivity contribution < 1.29 is 13.9 Å². The molecule has 1 amide bonds. The molecule has 0 spiro atoms. The molecule has 1 aromatic heterocycles. The molecule has 0 radical (unpaired) electrons. The van der Waals surface area contributed by atoms with E-state index in [4.69, 9.17) is 9.15 Å². The van der Waals surface area contributed by atoms with Crippen LogP contribution < -0.4 is 4.74 Å². The van der Waals surface area contributed by atoms with Gasteiger partial charge >= 0.3 is 0 Å². The van der Waals surface area contributed by atoms with Crippen molar-refractivity contribution in [1.29, 1.82) is 0 Å². The predicted molar refractivity (Wildman–Crippen MR) is 110 cm³/mol. The fourth-order valence-electron chi connectivity index (χ4n) is 2.78. The van der Waals surface area contributed by atoms with E-state index in [1.807, 2.05) is 60.7 Å². The lowest BCUT2D eigenvalue weighted by Gasteiger charge is -2.19. The van der Waals surface area contributed by atoms with E-state index in [2.05, 4.69) is 15.9 Å². The molecule has 27 heavy (non-hydrogen) atoms. The highest BCUT2D eigenvalue weighted by Gasteiger charge is 2.14. The molecule has 0 bridgehead atoms. The minimum atomic E-state index is -0.0312. The van der Waals surface area contributed by atoms with Crippen LogP contribution in [0.15, 0.2) is 71.3 Å². The van der Waals surface area contributed by atoms with Crippen LogP contribution in [0.25, 0.3) is 11.3 Å². The Labute approximate surface area is 167 Å². The highest BCUT2D eigenvalue weighted by Crippen LogP contribution is 2.22. The van der Waals surface area contributed by atoms with Gasteiger partial charge < -0.3 is 14.1 Å². The van der Waals surface area contributed by atoms with Crippen LogP contribution in [-0.2, 0) is 6.54 Å². The maximum absolute atomic E-state index is 12.8. The molecule has 0 saturated heterocycles. The maximum atomic E-state index is 12.8. The first-order valence-electron chi connectivity index (χ1n) is 8.85. The summed E-state index contributed by atoms with van der Waals surface area (Å²) in [6.07, 6.45) is 2.57. The van der Waals surface area contributed by atoms with Gasteiger partial charge in [-0.1, -0.05) is 46.3 Å². The quantitative estimate of drug-likeness (QED) is 0.357. The van der Waals surface area contributed by atoms with E-state index in [9.17, 15) is 4.79 Å². The molecule has 1 heterocycles. The number of carbonyl (C=O) groups excluding carboxylic acids is 1. The topological polar surface area (TPSA) is 42.7 Å². The molecule has 3 aromatic rings. The summed E-state index contributed by atoms with van der Waals surface area (Å²) in [7, 11) is 1.80. The number of alkyl halides is 1. The second-order valence-electron chi connectivity index (χ2n) is 6.21. The van der Waals surface area contributed by atoms with Gasteiger partial charge in [0.05, 0.1) is 12.9 Å². The zero-order valence-corrected chi connectivity index (χ0v) is 16.8. The lowest BCUT2D eigenvalue weighted by molar-refractivity contribution is 0.0784. The normalized spacial score (nSPS) is 10.6. The molecular formula is C22H22BrNO3. The van der Waals surface area contributed by atoms with Crippen LogP contribution in [0.3, 0.4) is 0 Å². The molecule has 4 nitrogen and oxygen atoms in total. The molecule has 0 N–H and O–H groups in total. The van der Waals surface area contributed by atoms with Gasteiger partial charge in [0.2, 0.25) is 0 Å². The summed E-state index contributed by atoms with van der Waals surface area (Å²) in [5.41, 5.74) is 2.59. The lowest BCUT2D eigenvalue weighted by atomic mass is 10.1. The van der Waals surface area contributed by atoms with Crippen molar-refractivity contribution in [2.45, 2.75) is 13.0 Å². The second kappa shape index (κ2) is 9.42. The van der Waals surface area contributed by atoms with Gasteiger partial charge in [0.1, 0.15) is 11.5 Å². The molecule has 5 heteroatoms. The maximum Gasteiger partial charge on any atom is 0.253 e. The first kappa shape index (κ1) is 19.2. The number of hydrogen-bond acceptors (Lipinski definition) is 3. The molecule has 140 valence electrons. The van der Waals surface area contributed by atoms with Crippen LogP contribution in [0.1, 0.15) is 22.3 Å². The Morgan fingerprint density at radius 2 is 1.85 bits per heavy atom. The van der Waals surface area contributed by atoms with E-state index in [0.717, 1.165) is 34.4 Å². The molecule has 3 rings (SSSR count). The van der Waals surface area contributed by atoms with Gasteiger partial charge in [0.15, 0.2) is 0 Å². The van der Waals surface area contributed by atoms with Crippen LogP contribution in [0.2, 0.25) is 0 Å². The Bertz CT molecular complexity index is 860. The molecular weight excluding hydrogens is 406 g/mol. The van der Waals surface area contributed by atoms with E-state index in [1.165, 1.54) is 0 Å². The molecule has 0 saturated carbocycles. The number of para-hydroxylation sites is 1. The van der Waals surface area contributed by atoms with Crippen LogP contribution in [0.4, 0.5) is 0 Å². The average Bonchev–Trinajstić information content (AvgIpc) is 3.24. The Morgan fingerprint density at radius 3 is 2.56 bits per heavy atom. The Balaban J connectivity index is 1.67. The van der Waals surface area contributed by atoms with Gasteiger partial charge in [0.25, 0.3) is 5.91 Å². The van der Waals surface area contributed by atoms with Crippen molar-refractivity contribution in [2.75, 3.05) is 19.0 Å². The van der Waals surface area contributed by atoms with Crippen molar-refractivity contribution in [3.05, 3.63) is 78.1 Å². The summed E-state index contributed by atoms with van der Waals surface area (Å²) in [6.45, 7) is 1.14. The number of furan rings is 1. The molecule has 0 aliphatic heterocycles. The summed E-state index contributed by atoms with van der Waals surface area (Å²) >= 11 is 3.41. The third-order valence-electron chi connectivity index (χ3n) is 4.20. The number of nitrogens with zero attached hydrogens (tertiary/aromatic N) is 1. The number of amides is 1. The fraction of sp³-hybridized carbons (Fsp3) is 0.227. The van der Waals surface area contributed by atoms with Crippen molar-refractivity contribution >= 4 is 21.8 Å². The van der Waals surface area contributed by atoms with Crippen molar-refractivity contribution in [1.82, 2.24) is 4.90 Å². The summed E-state index contributed by atoms with van der Waals surface area (Å²) in [5, 5.41) is 0.904. The highest BCUT2D eigenvalue weighted by atomic mass is 79.9. The molecule has 0 fully saturated rings. The van der Waals surface area contributed by atoms with E-state index < -0.39 is 0 Å². The van der Waals surface area contributed by atoms with Gasteiger partial charge in [-0.15, -0.1) is 0 Å². The number of rotatable bonds is 8. The summed E-state index contributed by atoms with van der Waals surface area (Å²) < 4.78 is 11.2. The van der Waals surface area contributed by atoms with Crippen molar-refractivity contribution in [3.8, 4) is 17.1 Å². The third-order valence-corrected chi connectivity index (χ3v) is 4.76. The Hall–Kier alpha value is -2.53. The fourth-order valence-corrected chi connectivity index (χ4v) is 3.01. The van der Waals surface area contributed by atoms with E-state index >= 15 is 0 Å². The van der Waals surface area contributed by atoms with E-state index in [-0.39, 0.29) is 5.91 Å². The minimum absolute atomic E-state index is 0.0312. The first-order valence-corrected chi connectivity index (χ1v) is 9.97. The lowest BCUT2D eigenvalue weighted by Crippen LogP contribution is -2.26. The minimum Gasteiger partial charge on any atom is -0.493 e. The average molecular weight is 428 g/mol. The number of halogens is 1. The number of carbonyl (C=O) groups is 1. The smallest absolute Gasteiger partial charge is 0.253 e. The molecule has 0 unspecified atom stereocenters. The Kier molecular flexibility index (Phi) is 6.71. The number of ether oxygens (including phenoxy) is 1. The molecule has 0 atom stereocenters. The molecule has 0 aliphatic carbocycles. The monoisotopic (exact) mass is 427 g/mol. The van der Waals surface area contributed by atoms with Gasteiger partial charge in [0, 0.05) is 35.6 Å². The first-order chi connectivity index (χ1) is 13.2. The summed E-state index contributed by atoms with van der Waals surface area (Å²) in [6, 6.07) is 19.0. The zero-order valence-electron chi connectivity index (χ0n) is 15.2. The third kappa shape index (κ3) is 5.01. The van der Waals surface area contributed by atoms with Gasteiger partial charge in [-0.25, -0.2) is 0 Å². The van der Waals surface area contributed by atoms with E-state index in [0.29, 0.717) is 18.7 Å². The molecule has 0 aliphatic rings. The van der Waals surface area contributed by atoms with Gasteiger partial charge in [-0.2, -0.15) is 0 Å². The second-order valence-corrected chi connectivity index (χ2v) is 7.01. The Morgan fingerprint density at radius 1 is 1.07 bits per heavy atom. The summed E-state index contributed by atoms with van der Waals surface area (Å²) in [5.74, 6) is 1.58. The van der Waals surface area contributed by atoms with Crippen LogP contribution in [0.5, 0.6) is 5.75 Å².